The summed E-state index contributed by atoms with van der Waals surface area (Å²) >= 11 is 2.22. The molecule has 1 aromatic heterocycles. The zero-order chi connectivity index (χ0) is 15.9. The van der Waals surface area contributed by atoms with Gasteiger partial charge in [0.05, 0.1) is 18.4 Å². The second kappa shape index (κ2) is 8.14. The first-order chi connectivity index (χ1) is 10.5. The summed E-state index contributed by atoms with van der Waals surface area (Å²) in [6.45, 7) is 1.65. The van der Waals surface area contributed by atoms with Crippen molar-refractivity contribution < 1.29 is 9.53 Å². The molecule has 0 saturated carbocycles. The number of likely N-dealkylation sites (N-methyl/N-ethyl adjacent to an activating group) is 1. The third-order valence-corrected chi connectivity index (χ3v) is 3.60. The van der Waals surface area contributed by atoms with Crippen molar-refractivity contribution in [1.29, 1.82) is 0 Å². The molecule has 0 unspecified atom stereocenters. The molecule has 7 heteroatoms. The molecule has 0 saturated heterocycles. The summed E-state index contributed by atoms with van der Waals surface area (Å²) < 4.78 is 8.36. The second-order valence-electron chi connectivity index (χ2n) is 5.09. The maximum atomic E-state index is 11.8. The highest BCUT2D eigenvalue weighted by molar-refractivity contribution is 14.1. The van der Waals surface area contributed by atoms with Crippen LogP contribution in [-0.2, 0) is 11.3 Å². The molecule has 1 heterocycles. The van der Waals surface area contributed by atoms with Gasteiger partial charge in [0.2, 0.25) is 0 Å². The largest absolute Gasteiger partial charge is 0.484 e. The van der Waals surface area contributed by atoms with E-state index in [9.17, 15) is 4.79 Å². The summed E-state index contributed by atoms with van der Waals surface area (Å²) in [6.07, 6.45) is 3.45. The Bertz CT molecular complexity index is 610. The topological polar surface area (TPSA) is 59.4 Å². The van der Waals surface area contributed by atoms with E-state index in [0.29, 0.717) is 11.4 Å². The standard InChI is InChI=1S/C15H19IN4O2/c1-19(2)7-8-20-10-13(9-17-20)18-15(21)11-22-14-5-3-12(16)4-6-14/h3-6,9-10H,7-8,11H2,1-2H3,(H,18,21). The first-order valence-electron chi connectivity index (χ1n) is 6.88. The van der Waals surface area contributed by atoms with Gasteiger partial charge >= 0.3 is 0 Å². The van der Waals surface area contributed by atoms with E-state index >= 15 is 0 Å². The fourth-order valence-corrected chi connectivity index (χ4v) is 2.09. The van der Waals surface area contributed by atoms with Gasteiger partial charge in [0, 0.05) is 16.3 Å². The number of nitrogens with one attached hydrogen (secondary N) is 1. The fourth-order valence-electron chi connectivity index (χ4n) is 1.73. The van der Waals surface area contributed by atoms with Gasteiger partial charge in [0.15, 0.2) is 6.61 Å². The van der Waals surface area contributed by atoms with Crippen molar-refractivity contribution in [3.8, 4) is 5.75 Å². The van der Waals surface area contributed by atoms with E-state index in [1.165, 1.54) is 0 Å². The molecular formula is C15H19IN4O2. The molecule has 118 valence electrons. The van der Waals surface area contributed by atoms with Crippen LogP contribution in [0.1, 0.15) is 0 Å². The zero-order valence-electron chi connectivity index (χ0n) is 12.6. The molecule has 0 aliphatic rings. The third-order valence-electron chi connectivity index (χ3n) is 2.88. The number of anilines is 1. The van der Waals surface area contributed by atoms with Gasteiger partial charge in [0.1, 0.15) is 5.75 Å². The molecule has 0 aliphatic heterocycles. The van der Waals surface area contributed by atoms with Crippen molar-refractivity contribution >= 4 is 34.2 Å². The number of rotatable bonds is 7. The quantitative estimate of drug-likeness (QED) is 0.705. The molecule has 6 nitrogen and oxygen atoms in total. The number of carbonyl (C=O) groups is 1. The van der Waals surface area contributed by atoms with Crippen LogP contribution in [0.15, 0.2) is 36.7 Å². The lowest BCUT2D eigenvalue weighted by atomic mass is 10.3. The molecule has 0 atom stereocenters. The summed E-state index contributed by atoms with van der Waals surface area (Å²) in [6, 6.07) is 7.55. The molecule has 1 N–H and O–H groups in total. The highest BCUT2D eigenvalue weighted by atomic mass is 127. The van der Waals surface area contributed by atoms with Crippen LogP contribution in [0.5, 0.6) is 5.75 Å². The Hall–Kier alpha value is -1.61. The van der Waals surface area contributed by atoms with Crippen LogP contribution in [0.2, 0.25) is 0 Å². The molecule has 0 radical (unpaired) electrons. The lowest BCUT2D eigenvalue weighted by Gasteiger charge is -2.08. The van der Waals surface area contributed by atoms with Crippen molar-refractivity contribution in [3.63, 3.8) is 0 Å². The van der Waals surface area contributed by atoms with Crippen molar-refractivity contribution in [2.24, 2.45) is 0 Å². The van der Waals surface area contributed by atoms with Crippen LogP contribution in [0.4, 0.5) is 5.69 Å². The van der Waals surface area contributed by atoms with E-state index in [2.05, 4.69) is 37.9 Å². The molecule has 0 spiro atoms. The van der Waals surface area contributed by atoms with Gasteiger partial charge in [-0.15, -0.1) is 0 Å². The van der Waals surface area contributed by atoms with Gasteiger partial charge in [-0.25, -0.2) is 0 Å². The molecule has 1 aromatic carbocycles. The Morgan fingerprint density at radius 3 is 2.77 bits per heavy atom. The van der Waals surface area contributed by atoms with Crippen LogP contribution in [-0.4, -0.2) is 47.8 Å². The predicted molar refractivity (Wildman–Crippen MR) is 94.1 cm³/mol. The minimum Gasteiger partial charge on any atom is -0.484 e. The average molecular weight is 414 g/mol. The number of ether oxygens (including phenoxy) is 1. The van der Waals surface area contributed by atoms with Gasteiger partial charge in [-0.2, -0.15) is 5.10 Å². The number of nitrogens with zero attached hydrogens (tertiary/aromatic N) is 3. The maximum absolute atomic E-state index is 11.8. The van der Waals surface area contributed by atoms with Gasteiger partial charge in [-0.05, 0) is 61.0 Å². The molecule has 2 rings (SSSR count). The van der Waals surface area contributed by atoms with E-state index in [1.807, 2.05) is 44.6 Å². The summed E-state index contributed by atoms with van der Waals surface area (Å²) in [5, 5.41) is 6.97. The molecule has 0 aliphatic carbocycles. The van der Waals surface area contributed by atoms with E-state index in [-0.39, 0.29) is 12.5 Å². The average Bonchev–Trinajstić information content (AvgIpc) is 2.92. The molecule has 2 aromatic rings. The molecule has 1 amide bonds. The van der Waals surface area contributed by atoms with Crippen molar-refractivity contribution in [2.45, 2.75) is 6.54 Å². The number of aromatic nitrogens is 2. The Labute approximate surface area is 143 Å². The molecule has 22 heavy (non-hydrogen) atoms. The monoisotopic (exact) mass is 414 g/mol. The van der Waals surface area contributed by atoms with Gasteiger partial charge in [0.25, 0.3) is 5.91 Å². The van der Waals surface area contributed by atoms with Crippen LogP contribution in [0, 0.1) is 3.57 Å². The second-order valence-corrected chi connectivity index (χ2v) is 6.33. The van der Waals surface area contributed by atoms with Crippen LogP contribution >= 0.6 is 22.6 Å². The normalized spacial score (nSPS) is 10.7. The minimum atomic E-state index is -0.203. The van der Waals surface area contributed by atoms with Gasteiger partial charge in [-0.3, -0.25) is 9.48 Å². The maximum Gasteiger partial charge on any atom is 0.262 e. The lowest BCUT2D eigenvalue weighted by Crippen LogP contribution is -2.20. The van der Waals surface area contributed by atoms with Crippen molar-refractivity contribution in [3.05, 3.63) is 40.2 Å². The van der Waals surface area contributed by atoms with Crippen LogP contribution in [0.25, 0.3) is 0 Å². The zero-order valence-corrected chi connectivity index (χ0v) is 14.8. The van der Waals surface area contributed by atoms with Gasteiger partial charge < -0.3 is 15.0 Å². The van der Waals surface area contributed by atoms with E-state index in [4.69, 9.17) is 4.74 Å². The smallest absolute Gasteiger partial charge is 0.262 e. The first-order valence-corrected chi connectivity index (χ1v) is 7.96. The number of amides is 1. The molecular weight excluding hydrogens is 395 g/mol. The number of benzene rings is 1. The summed E-state index contributed by atoms with van der Waals surface area (Å²) in [5.74, 6) is 0.475. The Kier molecular flexibility index (Phi) is 6.20. The van der Waals surface area contributed by atoms with E-state index < -0.39 is 0 Å². The van der Waals surface area contributed by atoms with E-state index in [0.717, 1.165) is 16.7 Å². The van der Waals surface area contributed by atoms with Gasteiger partial charge in [-0.1, -0.05) is 0 Å². The fraction of sp³-hybridized carbons (Fsp3) is 0.333. The first kappa shape index (κ1) is 16.8. The number of hydrogen-bond donors (Lipinski definition) is 1. The number of hydrogen-bond acceptors (Lipinski definition) is 4. The highest BCUT2D eigenvalue weighted by Crippen LogP contribution is 2.13. The van der Waals surface area contributed by atoms with Crippen molar-refractivity contribution in [1.82, 2.24) is 14.7 Å². The van der Waals surface area contributed by atoms with Crippen LogP contribution < -0.4 is 10.1 Å². The van der Waals surface area contributed by atoms with Crippen LogP contribution in [0.3, 0.4) is 0 Å². The lowest BCUT2D eigenvalue weighted by molar-refractivity contribution is -0.118. The summed E-state index contributed by atoms with van der Waals surface area (Å²) in [7, 11) is 4.02. The number of halogens is 1. The molecule has 0 bridgehead atoms. The minimum absolute atomic E-state index is 0.0243. The highest BCUT2D eigenvalue weighted by Gasteiger charge is 2.06. The van der Waals surface area contributed by atoms with Crippen molar-refractivity contribution in [2.75, 3.05) is 32.6 Å². The summed E-state index contributed by atoms with van der Waals surface area (Å²) in [4.78, 5) is 13.9. The SMILES string of the molecule is CN(C)CCn1cc(NC(=O)COc2ccc(I)cc2)cn1. The Morgan fingerprint density at radius 1 is 1.36 bits per heavy atom. The summed E-state index contributed by atoms with van der Waals surface area (Å²) in [5.41, 5.74) is 0.676. The Balaban J connectivity index is 1.78. The third kappa shape index (κ3) is 5.64. The Morgan fingerprint density at radius 2 is 2.09 bits per heavy atom. The van der Waals surface area contributed by atoms with E-state index in [1.54, 1.807) is 10.9 Å². The number of carbonyl (C=O) groups excluding carboxylic acids is 1. The molecule has 0 fully saturated rings. The predicted octanol–water partition coefficient (Wildman–Crippen LogP) is 2.07.